The molecule has 3 aliphatic heterocycles. The fourth-order valence-electron chi connectivity index (χ4n) is 8.93. The minimum atomic E-state index is -0.503. The highest BCUT2D eigenvalue weighted by Gasteiger charge is 2.51. The first-order valence-electron chi connectivity index (χ1n) is 18.1. The van der Waals surface area contributed by atoms with Crippen LogP contribution in [-0.2, 0) is 22.6 Å². The van der Waals surface area contributed by atoms with E-state index in [1.807, 2.05) is 17.9 Å². The molecule has 5 unspecified atom stereocenters. The number of nitriles is 1. The van der Waals surface area contributed by atoms with E-state index in [4.69, 9.17) is 32.9 Å². The second-order valence-corrected chi connectivity index (χ2v) is 15.6. The van der Waals surface area contributed by atoms with Gasteiger partial charge < -0.3 is 19.5 Å². The van der Waals surface area contributed by atoms with Crippen molar-refractivity contribution in [3.8, 4) is 17.2 Å². The number of benzene rings is 3. The van der Waals surface area contributed by atoms with Crippen molar-refractivity contribution in [1.82, 2.24) is 19.8 Å². The van der Waals surface area contributed by atoms with Crippen molar-refractivity contribution in [3.63, 3.8) is 0 Å². The van der Waals surface area contributed by atoms with Crippen molar-refractivity contribution in [2.24, 2.45) is 11.8 Å². The van der Waals surface area contributed by atoms with E-state index in [0.717, 1.165) is 42.4 Å². The van der Waals surface area contributed by atoms with Gasteiger partial charge in [-0.25, -0.2) is 13.8 Å². The number of hydrogen-bond acceptors (Lipinski definition) is 5. The number of pyridine rings is 1. The molecule has 3 aromatic carbocycles. The lowest BCUT2D eigenvalue weighted by molar-refractivity contribution is -0.134. The van der Waals surface area contributed by atoms with E-state index in [1.165, 1.54) is 6.07 Å². The predicted octanol–water partition coefficient (Wildman–Crippen LogP) is 9.01. The second-order valence-electron chi connectivity index (χ2n) is 14.8. The van der Waals surface area contributed by atoms with Crippen molar-refractivity contribution in [3.05, 3.63) is 98.8 Å². The van der Waals surface area contributed by atoms with Crippen LogP contribution in [0.5, 0.6) is 0 Å². The van der Waals surface area contributed by atoms with Crippen molar-refractivity contribution in [1.29, 1.82) is 5.26 Å². The Morgan fingerprint density at radius 3 is 2.63 bits per heavy atom. The molecule has 5 aliphatic rings. The molecule has 2 saturated carbocycles. The molecular weight excluding hydrogens is 703 g/mol. The maximum absolute atomic E-state index is 17.2. The third-order valence-corrected chi connectivity index (χ3v) is 12.5. The first kappa shape index (κ1) is 33.7. The molecule has 266 valence electrons. The molecule has 0 spiro atoms. The molecule has 10 rings (SSSR count). The molecule has 3 saturated heterocycles. The standard InChI is InChI=1S/C41H37Cl2F2N5O2/c1-21-28-17-34(33-16-26(19-49(33)41(51)22-11-12-22)52-20-24-6-2-3-10-31(24)44)50(39-25-15-32(39)47-18-25)40(28)29-14-23(7-5-13-46)35(37(45)38(29)48-21)27-8-4-9-30(42)36(27)43/h2-4,6,8-10,14,17,22,25-26,32-33,39,47H,5,7,11-12,15-16,18-20H2,1H3. The topological polar surface area (TPSA) is 83.2 Å². The summed E-state index contributed by atoms with van der Waals surface area (Å²) >= 11 is 13.1. The fourth-order valence-corrected chi connectivity index (χ4v) is 9.32. The summed E-state index contributed by atoms with van der Waals surface area (Å²) in [7, 11) is 0. The van der Waals surface area contributed by atoms with Crippen LogP contribution < -0.4 is 5.32 Å². The fraction of sp³-hybridized carbons (Fsp3) is 0.390. The Hall–Kier alpha value is -4.07. The summed E-state index contributed by atoms with van der Waals surface area (Å²) in [6.45, 7) is 3.33. The van der Waals surface area contributed by atoms with E-state index >= 15 is 4.39 Å². The number of carbonyl (C=O) groups is 1. The second kappa shape index (κ2) is 13.1. The average molecular weight is 741 g/mol. The van der Waals surface area contributed by atoms with Crippen LogP contribution in [0.15, 0.2) is 54.6 Å². The molecule has 5 aromatic rings. The van der Waals surface area contributed by atoms with E-state index in [-0.39, 0.29) is 65.4 Å². The van der Waals surface area contributed by atoms with Crippen LogP contribution in [0, 0.1) is 41.7 Å². The normalized spacial score (nSPS) is 23.8. The van der Waals surface area contributed by atoms with Crippen molar-refractivity contribution in [2.45, 2.75) is 76.3 Å². The number of carbonyl (C=O) groups excluding carboxylic acids is 1. The van der Waals surface area contributed by atoms with Gasteiger partial charge >= 0.3 is 0 Å². The summed E-state index contributed by atoms with van der Waals surface area (Å²) in [4.78, 5) is 20.8. The minimum absolute atomic E-state index is 0.00459. The van der Waals surface area contributed by atoms with Gasteiger partial charge in [-0.2, -0.15) is 5.26 Å². The smallest absolute Gasteiger partial charge is 0.226 e. The molecule has 2 aromatic heterocycles. The van der Waals surface area contributed by atoms with Gasteiger partial charge in [0.05, 0.1) is 46.4 Å². The molecule has 11 heteroatoms. The zero-order valence-corrected chi connectivity index (χ0v) is 30.2. The number of aromatic nitrogens is 2. The van der Waals surface area contributed by atoms with Gasteiger partial charge in [0.15, 0.2) is 5.82 Å². The van der Waals surface area contributed by atoms with E-state index in [9.17, 15) is 14.4 Å². The van der Waals surface area contributed by atoms with Gasteiger partial charge in [-0.3, -0.25) is 4.79 Å². The van der Waals surface area contributed by atoms with E-state index < -0.39 is 5.82 Å². The highest BCUT2D eigenvalue weighted by molar-refractivity contribution is 6.43. The van der Waals surface area contributed by atoms with Gasteiger partial charge in [-0.15, -0.1) is 0 Å². The zero-order valence-electron chi connectivity index (χ0n) is 28.6. The number of nitrogens with zero attached hydrogens (tertiary/aromatic N) is 4. The first-order valence-corrected chi connectivity index (χ1v) is 18.9. The summed E-state index contributed by atoms with van der Waals surface area (Å²) in [6, 6.07) is 18.2. The maximum atomic E-state index is 17.2. The van der Waals surface area contributed by atoms with Crippen LogP contribution in [0.2, 0.25) is 10.0 Å². The Labute approximate surface area is 310 Å². The lowest BCUT2D eigenvalue weighted by atomic mass is 9.79. The molecule has 2 aliphatic carbocycles. The third kappa shape index (κ3) is 5.49. The van der Waals surface area contributed by atoms with Gasteiger partial charge in [-0.05, 0) is 68.4 Å². The molecule has 5 atom stereocenters. The lowest BCUT2D eigenvalue weighted by Crippen LogP contribution is -2.41. The van der Waals surface area contributed by atoms with E-state index in [0.29, 0.717) is 63.7 Å². The van der Waals surface area contributed by atoms with Gasteiger partial charge in [0.25, 0.3) is 0 Å². The maximum Gasteiger partial charge on any atom is 0.226 e. The van der Waals surface area contributed by atoms with Crippen LogP contribution in [-0.4, -0.2) is 45.6 Å². The summed E-state index contributed by atoms with van der Waals surface area (Å²) in [6.07, 6.45) is 3.58. The molecule has 0 radical (unpaired) electrons. The van der Waals surface area contributed by atoms with Crippen LogP contribution in [0.1, 0.15) is 66.7 Å². The Morgan fingerprint density at radius 1 is 1.08 bits per heavy atom. The number of rotatable bonds is 9. The van der Waals surface area contributed by atoms with E-state index in [2.05, 4.69) is 22.0 Å². The number of likely N-dealkylation sites (tertiary alicyclic amines) is 1. The van der Waals surface area contributed by atoms with Crippen LogP contribution in [0.3, 0.4) is 0 Å². The van der Waals surface area contributed by atoms with Crippen LogP contribution >= 0.6 is 23.2 Å². The molecular formula is C41H37Cl2F2N5O2. The Bertz CT molecular complexity index is 2300. The van der Waals surface area contributed by atoms with Crippen molar-refractivity contribution < 1.29 is 18.3 Å². The third-order valence-electron chi connectivity index (χ3n) is 11.7. The number of aryl methyl sites for hydroxylation is 2. The SMILES string of the molecule is Cc1nc2c(F)c(-c3cccc(Cl)c3Cl)c(CCC#N)cc2c2c1cc(C1CC(OCc3ccccc3F)CN1C(=O)C1CC1)n2C1C2CNC1C2. The van der Waals surface area contributed by atoms with Gasteiger partial charge in [0.2, 0.25) is 5.91 Å². The Morgan fingerprint density at radius 2 is 1.90 bits per heavy atom. The molecule has 1 amide bonds. The van der Waals surface area contributed by atoms with Gasteiger partial charge in [0, 0.05) is 76.7 Å². The zero-order chi connectivity index (χ0) is 35.8. The summed E-state index contributed by atoms with van der Waals surface area (Å²) in [5, 5.41) is 15.4. The number of halogens is 4. The lowest BCUT2D eigenvalue weighted by Gasteiger charge is -2.39. The molecule has 52 heavy (non-hydrogen) atoms. The van der Waals surface area contributed by atoms with Gasteiger partial charge in [0.1, 0.15) is 11.3 Å². The quantitative estimate of drug-likeness (QED) is 0.163. The molecule has 1 N–H and O–H groups in total. The Balaban J connectivity index is 1.23. The number of ether oxygens (including phenoxy) is 1. The number of hydrogen-bond donors (Lipinski definition) is 1. The van der Waals surface area contributed by atoms with Crippen molar-refractivity contribution in [2.75, 3.05) is 13.1 Å². The Kier molecular flexibility index (Phi) is 8.50. The average Bonchev–Trinajstić information content (AvgIpc) is 3.43. The monoisotopic (exact) mass is 739 g/mol. The van der Waals surface area contributed by atoms with Crippen LogP contribution in [0.4, 0.5) is 8.78 Å². The largest absolute Gasteiger partial charge is 0.371 e. The molecule has 5 fully saturated rings. The molecule has 5 heterocycles. The summed E-state index contributed by atoms with van der Waals surface area (Å²) in [5.74, 6) is -0.298. The number of fused-ring (bicyclic) bond motifs is 4. The first-order chi connectivity index (χ1) is 25.2. The number of nitrogens with one attached hydrogen (secondary N) is 1. The van der Waals surface area contributed by atoms with Gasteiger partial charge in [-0.1, -0.05) is 53.5 Å². The highest BCUT2D eigenvalue weighted by atomic mass is 35.5. The van der Waals surface area contributed by atoms with E-state index in [1.54, 1.807) is 36.4 Å². The predicted molar refractivity (Wildman–Crippen MR) is 197 cm³/mol. The number of amides is 1. The molecule has 7 nitrogen and oxygen atoms in total. The van der Waals surface area contributed by atoms with Crippen LogP contribution in [0.25, 0.3) is 32.9 Å². The minimum Gasteiger partial charge on any atom is -0.371 e. The molecule has 2 bridgehead atoms. The van der Waals surface area contributed by atoms with Crippen molar-refractivity contribution >= 4 is 50.9 Å². The summed E-state index contributed by atoms with van der Waals surface area (Å²) in [5.41, 5.74) is 4.68. The highest BCUT2D eigenvalue weighted by Crippen LogP contribution is 2.51. The summed E-state index contributed by atoms with van der Waals surface area (Å²) < 4.78 is 40.4.